The predicted molar refractivity (Wildman–Crippen MR) is 103 cm³/mol. The summed E-state index contributed by atoms with van der Waals surface area (Å²) in [6.07, 6.45) is -1.39. The van der Waals surface area contributed by atoms with Gasteiger partial charge in [-0.2, -0.15) is 18.3 Å². The van der Waals surface area contributed by atoms with Crippen molar-refractivity contribution in [1.29, 1.82) is 0 Å². The van der Waals surface area contributed by atoms with E-state index >= 15 is 0 Å². The zero-order valence-electron chi connectivity index (χ0n) is 14.4. The topological polar surface area (TPSA) is 67.7 Å². The molecule has 3 aromatic rings. The number of nitrogens with zero attached hydrogens (tertiary/aromatic N) is 3. The SMILES string of the molecule is NC(=S)N(Cc1ccccn1)N=Cc1ccc(-c2cccc(C(F)(F)F)c2)o1. The van der Waals surface area contributed by atoms with E-state index < -0.39 is 11.7 Å². The highest BCUT2D eigenvalue weighted by molar-refractivity contribution is 7.80. The smallest absolute Gasteiger partial charge is 0.416 e. The molecule has 5 nitrogen and oxygen atoms in total. The minimum absolute atomic E-state index is 0.0477. The fraction of sp³-hybridized carbons (Fsp3) is 0.105. The lowest BCUT2D eigenvalue weighted by Crippen LogP contribution is -2.30. The van der Waals surface area contributed by atoms with Crippen LogP contribution in [-0.2, 0) is 12.7 Å². The molecule has 2 N–H and O–H groups in total. The van der Waals surface area contributed by atoms with Gasteiger partial charge in [0.25, 0.3) is 0 Å². The summed E-state index contributed by atoms with van der Waals surface area (Å²) < 4.78 is 44.2. The van der Waals surface area contributed by atoms with E-state index in [9.17, 15) is 13.2 Å². The molecule has 0 amide bonds. The monoisotopic (exact) mass is 404 g/mol. The number of hydrazone groups is 1. The standard InChI is InChI=1S/C19H15F3N4OS/c20-19(21,22)14-5-3-4-13(10-14)17-8-7-16(27-17)11-25-26(18(23)28)12-15-6-1-2-9-24-15/h1-11H,12H2,(H2,23,28). The second-order valence-corrected chi connectivity index (χ2v) is 6.16. The maximum atomic E-state index is 12.9. The summed E-state index contributed by atoms with van der Waals surface area (Å²) >= 11 is 4.99. The van der Waals surface area contributed by atoms with Crippen LogP contribution >= 0.6 is 12.2 Å². The summed E-state index contributed by atoms with van der Waals surface area (Å²) in [6.45, 7) is 0.272. The number of halogens is 3. The van der Waals surface area contributed by atoms with Crippen LogP contribution in [0.2, 0.25) is 0 Å². The molecule has 0 aliphatic rings. The van der Waals surface area contributed by atoms with Gasteiger partial charge in [-0.25, -0.2) is 5.01 Å². The molecule has 0 radical (unpaired) electrons. The first-order chi connectivity index (χ1) is 13.3. The summed E-state index contributed by atoms with van der Waals surface area (Å²) in [5, 5.41) is 5.59. The molecule has 28 heavy (non-hydrogen) atoms. The molecular formula is C19H15F3N4OS. The number of aromatic nitrogens is 1. The van der Waals surface area contributed by atoms with Gasteiger partial charge in [0.15, 0.2) is 5.11 Å². The first kappa shape index (κ1) is 19.6. The second-order valence-electron chi connectivity index (χ2n) is 5.74. The van der Waals surface area contributed by atoms with Gasteiger partial charge in [0, 0.05) is 11.8 Å². The zero-order valence-corrected chi connectivity index (χ0v) is 15.2. The van der Waals surface area contributed by atoms with Crippen molar-refractivity contribution in [2.45, 2.75) is 12.7 Å². The number of hydrogen-bond donors (Lipinski definition) is 1. The van der Waals surface area contributed by atoms with Crippen LogP contribution in [-0.4, -0.2) is 21.3 Å². The van der Waals surface area contributed by atoms with E-state index in [0.29, 0.717) is 17.1 Å². The van der Waals surface area contributed by atoms with E-state index in [1.165, 1.54) is 23.4 Å². The fourth-order valence-electron chi connectivity index (χ4n) is 2.37. The van der Waals surface area contributed by atoms with Gasteiger partial charge < -0.3 is 10.2 Å². The van der Waals surface area contributed by atoms with Crippen molar-refractivity contribution in [3.63, 3.8) is 0 Å². The number of nitrogens with two attached hydrogens (primary N) is 1. The Balaban J connectivity index is 1.77. The van der Waals surface area contributed by atoms with Gasteiger partial charge in [-0.1, -0.05) is 18.2 Å². The molecule has 0 spiro atoms. The predicted octanol–water partition coefficient (Wildman–Crippen LogP) is 4.44. The average Bonchev–Trinajstić information content (AvgIpc) is 3.14. The van der Waals surface area contributed by atoms with E-state index in [1.54, 1.807) is 30.5 Å². The van der Waals surface area contributed by atoms with E-state index in [0.717, 1.165) is 17.8 Å². The van der Waals surface area contributed by atoms with Crippen LogP contribution in [0.5, 0.6) is 0 Å². The first-order valence-electron chi connectivity index (χ1n) is 8.11. The Morgan fingerprint density at radius 1 is 1.18 bits per heavy atom. The highest BCUT2D eigenvalue weighted by Gasteiger charge is 2.30. The maximum absolute atomic E-state index is 12.9. The van der Waals surface area contributed by atoms with Crippen LogP contribution in [0.4, 0.5) is 13.2 Å². The number of rotatable bonds is 5. The number of furan rings is 1. The highest BCUT2D eigenvalue weighted by atomic mass is 32.1. The van der Waals surface area contributed by atoms with Gasteiger partial charge >= 0.3 is 6.18 Å². The summed E-state index contributed by atoms with van der Waals surface area (Å²) in [5.74, 6) is 0.633. The van der Waals surface area contributed by atoms with Crippen molar-refractivity contribution in [2.24, 2.45) is 10.8 Å². The Morgan fingerprint density at radius 3 is 2.68 bits per heavy atom. The lowest BCUT2D eigenvalue weighted by Gasteiger charge is -2.15. The van der Waals surface area contributed by atoms with E-state index in [2.05, 4.69) is 10.1 Å². The fourth-order valence-corrected chi connectivity index (χ4v) is 2.49. The number of thiocarbonyl (C=S) groups is 1. The lowest BCUT2D eigenvalue weighted by molar-refractivity contribution is -0.137. The third-order valence-corrected chi connectivity index (χ3v) is 3.93. The van der Waals surface area contributed by atoms with Crippen molar-refractivity contribution in [2.75, 3.05) is 0 Å². The van der Waals surface area contributed by atoms with Gasteiger partial charge in [-0.3, -0.25) is 4.98 Å². The van der Waals surface area contributed by atoms with Crippen molar-refractivity contribution in [3.8, 4) is 11.3 Å². The van der Waals surface area contributed by atoms with Crippen LogP contribution in [0.1, 0.15) is 17.0 Å². The zero-order chi connectivity index (χ0) is 20.1. The minimum Gasteiger partial charge on any atom is -0.455 e. The van der Waals surface area contributed by atoms with Crippen molar-refractivity contribution < 1.29 is 17.6 Å². The summed E-state index contributed by atoms with van der Waals surface area (Å²) in [4.78, 5) is 4.18. The van der Waals surface area contributed by atoms with Crippen LogP contribution in [0.3, 0.4) is 0 Å². The molecule has 0 saturated carbocycles. The molecule has 0 atom stereocenters. The maximum Gasteiger partial charge on any atom is 0.416 e. The molecule has 0 aliphatic heterocycles. The van der Waals surface area contributed by atoms with Crippen molar-refractivity contribution in [3.05, 3.63) is 77.8 Å². The Morgan fingerprint density at radius 2 is 2.00 bits per heavy atom. The molecule has 0 saturated heterocycles. The quantitative estimate of drug-likeness (QED) is 0.387. The van der Waals surface area contributed by atoms with Crippen LogP contribution in [0.15, 0.2) is 70.3 Å². The third kappa shape index (κ3) is 4.95. The number of benzene rings is 1. The number of alkyl halides is 3. The van der Waals surface area contributed by atoms with Gasteiger partial charge in [-0.15, -0.1) is 0 Å². The molecule has 0 fully saturated rings. The first-order valence-corrected chi connectivity index (χ1v) is 8.52. The number of pyridine rings is 1. The van der Waals surface area contributed by atoms with E-state index in [4.69, 9.17) is 22.4 Å². The highest BCUT2D eigenvalue weighted by Crippen LogP contribution is 2.32. The molecule has 2 aromatic heterocycles. The Kier molecular flexibility index (Phi) is 5.74. The normalized spacial score (nSPS) is 11.7. The van der Waals surface area contributed by atoms with Gasteiger partial charge in [0.2, 0.25) is 0 Å². The summed E-state index contributed by atoms with van der Waals surface area (Å²) in [7, 11) is 0. The van der Waals surface area contributed by atoms with Crippen molar-refractivity contribution in [1.82, 2.24) is 9.99 Å². The minimum atomic E-state index is -4.42. The van der Waals surface area contributed by atoms with Crippen LogP contribution in [0, 0.1) is 0 Å². The average molecular weight is 404 g/mol. The Labute approximate surface area is 164 Å². The molecule has 1 aromatic carbocycles. The van der Waals surface area contributed by atoms with E-state index in [1.807, 2.05) is 6.07 Å². The Hall–Kier alpha value is -3.20. The van der Waals surface area contributed by atoms with Gasteiger partial charge in [0.1, 0.15) is 11.5 Å². The third-order valence-electron chi connectivity index (χ3n) is 3.72. The molecule has 3 rings (SSSR count). The summed E-state index contributed by atoms with van der Waals surface area (Å²) in [6, 6.07) is 13.5. The van der Waals surface area contributed by atoms with Crippen molar-refractivity contribution >= 4 is 23.5 Å². The molecule has 9 heteroatoms. The molecule has 144 valence electrons. The second kappa shape index (κ2) is 8.22. The van der Waals surface area contributed by atoms with Crippen LogP contribution in [0.25, 0.3) is 11.3 Å². The molecular weight excluding hydrogens is 389 g/mol. The van der Waals surface area contributed by atoms with Gasteiger partial charge in [-0.05, 0) is 48.6 Å². The molecule has 0 aliphatic carbocycles. The molecule has 0 unspecified atom stereocenters. The summed E-state index contributed by atoms with van der Waals surface area (Å²) in [5.41, 5.74) is 5.97. The largest absolute Gasteiger partial charge is 0.455 e. The Bertz CT molecular complexity index is 986. The number of hydrogen-bond acceptors (Lipinski definition) is 4. The lowest BCUT2D eigenvalue weighted by atomic mass is 10.1. The van der Waals surface area contributed by atoms with Crippen LogP contribution < -0.4 is 5.73 Å². The van der Waals surface area contributed by atoms with Gasteiger partial charge in [0.05, 0.1) is 24.0 Å². The molecule has 2 heterocycles. The molecule has 0 bridgehead atoms. The van der Waals surface area contributed by atoms with E-state index in [-0.39, 0.29) is 11.7 Å².